The summed E-state index contributed by atoms with van der Waals surface area (Å²) in [6, 6.07) is 43.5. The number of anilines is 4. The second-order valence-electron chi connectivity index (χ2n) is 13.2. The molecule has 6 nitrogen and oxygen atoms in total. The van der Waals surface area contributed by atoms with Crippen LogP contribution in [-0.4, -0.2) is 0 Å². The first-order valence-electron chi connectivity index (χ1n) is 16.0. The van der Waals surface area contributed by atoms with Gasteiger partial charge in [-0.3, -0.25) is 0 Å². The van der Waals surface area contributed by atoms with Gasteiger partial charge >= 0.3 is 0 Å². The molecular formula is C42H42N4O2. The van der Waals surface area contributed by atoms with Crippen LogP contribution in [0.4, 0.5) is 22.7 Å². The monoisotopic (exact) mass is 634 g/mol. The van der Waals surface area contributed by atoms with Crippen LogP contribution >= 0.6 is 0 Å². The third kappa shape index (κ3) is 6.65. The second kappa shape index (κ2) is 12.7. The fraction of sp³-hybridized carbons (Fsp3) is 0.143. The lowest BCUT2D eigenvalue weighted by atomic mass is 9.74. The van der Waals surface area contributed by atoms with Crippen molar-refractivity contribution >= 4 is 22.7 Å². The quantitative estimate of drug-likeness (QED) is 0.117. The van der Waals surface area contributed by atoms with E-state index in [-0.39, 0.29) is 10.8 Å². The molecule has 48 heavy (non-hydrogen) atoms. The van der Waals surface area contributed by atoms with Crippen molar-refractivity contribution in [2.45, 2.75) is 38.5 Å². The average Bonchev–Trinajstić information content (AvgIpc) is 3.07. The van der Waals surface area contributed by atoms with Gasteiger partial charge < -0.3 is 32.4 Å². The zero-order valence-electron chi connectivity index (χ0n) is 27.8. The highest BCUT2D eigenvalue weighted by Gasteiger charge is 2.27. The van der Waals surface area contributed by atoms with Crippen LogP contribution in [0.2, 0.25) is 0 Å². The van der Waals surface area contributed by atoms with Crippen LogP contribution in [0.15, 0.2) is 133 Å². The Kier molecular flexibility index (Phi) is 8.50. The molecule has 0 heterocycles. The van der Waals surface area contributed by atoms with Crippen molar-refractivity contribution in [2.24, 2.45) is 0 Å². The molecule has 0 aliphatic carbocycles. The Hall–Kier alpha value is -5.88. The van der Waals surface area contributed by atoms with Crippen molar-refractivity contribution in [1.82, 2.24) is 0 Å². The van der Waals surface area contributed by atoms with E-state index < -0.39 is 0 Å². The molecule has 0 unspecified atom stereocenters. The first kappa shape index (κ1) is 32.1. The van der Waals surface area contributed by atoms with Crippen LogP contribution in [-0.2, 0) is 10.8 Å². The van der Waals surface area contributed by atoms with Crippen molar-refractivity contribution in [1.29, 1.82) is 0 Å². The molecule has 6 rings (SSSR count). The summed E-state index contributed by atoms with van der Waals surface area (Å²) in [6.07, 6.45) is 0. The molecule has 0 amide bonds. The lowest BCUT2D eigenvalue weighted by molar-refractivity contribution is 0.460. The molecule has 0 aromatic heterocycles. The van der Waals surface area contributed by atoms with Gasteiger partial charge in [-0.25, -0.2) is 0 Å². The van der Waals surface area contributed by atoms with E-state index in [0.717, 1.165) is 22.4 Å². The summed E-state index contributed by atoms with van der Waals surface area (Å²) in [5, 5.41) is 0. The van der Waals surface area contributed by atoms with E-state index >= 15 is 0 Å². The normalized spacial score (nSPS) is 11.7. The Morgan fingerprint density at radius 3 is 1.31 bits per heavy atom. The predicted octanol–water partition coefficient (Wildman–Crippen LogP) is 9.92. The number of nitrogens with two attached hydrogens (primary N) is 4. The standard InChI is InChI=1S/C42H42N4O2/c1-41(2,29-12-15-31(43)16-13-29)27-8-10-28(11-9-27)42(3,4)30-14-22-39(45)37(24-30)38-26-36(21-23-40(38)46)48-35-7-5-6-34(25-35)47-33-19-17-32(44)18-20-33/h5-26H,43-46H2,1-4H3. The number of ether oxygens (including phenoxy) is 2. The van der Waals surface area contributed by atoms with Gasteiger partial charge in [0.1, 0.15) is 23.0 Å². The van der Waals surface area contributed by atoms with Gasteiger partial charge in [-0.2, -0.15) is 0 Å². The Bertz CT molecular complexity index is 2050. The largest absolute Gasteiger partial charge is 0.457 e. The van der Waals surface area contributed by atoms with Crippen molar-refractivity contribution in [3.05, 3.63) is 156 Å². The Balaban J connectivity index is 1.25. The molecule has 0 saturated heterocycles. The highest BCUT2D eigenvalue weighted by Crippen LogP contribution is 2.41. The minimum absolute atomic E-state index is 0.166. The van der Waals surface area contributed by atoms with E-state index in [1.807, 2.05) is 72.8 Å². The van der Waals surface area contributed by atoms with Crippen molar-refractivity contribution in [3.63, 3.8) is 0 Å². The van der Waals surface area contributed by atoms with Gasteiger partial charge in [0.25, 0.3) is 0 Å². The van der Waals surface area contributed by atoms with E-state index in [1.165, 1.54) is 16.7 Å². The van der Waals surface area contributed by atoms with E-state index in [1.54, 1.807) is 12.1 Å². The van der Waals surface area contributed by atoms with Gasteiger partial charge in [-0.1, -0.05) is 76.2 Å². The summed E-state index contributed by atoms with van der Waals surface area (Å²) in [5.74, 6) is 2.60. The minimum Gasteiger partial charge on any atom is -0.457 e. The van der Waals surface area contributed by atoms with Gasteiger partial charge in [-0.15, -0.1) is 0 Å². The van der Waals surface area contributed by atoms with Gasteiger partial charge in [0.15, 0.2) is 0 Å². The maximum Gasteiger partial charge on any atom is 0.131 e. The molecule has 0 spiro atoms. The van der Waals surface area contributed by atoms with Crippen LogP contribution in [0.3, 0.4) is 0 Å². The zero-order chi connectivity index (χ0) is 34.1. The smallest absolute Gasteiger partial charge is 0.131 e. The fourth-order valence-electron chi connectivity index (χ4n) is 5.96. The molecule has 8 N–H and O–H groups in total. The summed E-state index contributed by atoms with van der Waals surface area (Å²) in [7, 11) is 0. The first-order chi connectivity index (χ1) is 22.9. The van der Waals surface area contributed by atoms with Gasteiger partial charge in [0.05, 0.1) is 0 Å². The predicted molar refractivity (Wildman–Crippen MR) is 200 cm³/mol. The summed E-state index contributed by atoms with van der Waals surface area (Å²) >= 11 is 0. The van der Waals surface area contributed by atoms with Crippen LogP contribution < -0.4 is 32.4 Å². The second-order valence-corrected chi connectivity index (χ2v) is 13.2. The molecule has 0 aliphatic rings. The number of nitrogen functional groups attached to an aromatic ring is 4. The van der Waals surface area contributed by atoms with Gasteiger partial charge in [0.2, 0.25) is 0 Å². The average molecular weight is 635 g/mol. The maximum atomic E-state index is 6.58. The number of hydrogen-bond acceptors (Lipinski definition) is 6. The molecule has 6 aromatic carbocycles. The lowest BCUT2D eigenvalue weighted by Gasteiger charge is -2.30. The Morgan fingerprint density at radius 1 is 0.375 bits per heavy atom. The highest BCUT2D eigenvalue weighted by molar-refractivity contribution is 5.85. The van der Waals surface area contributed by atoms with Gasteiger partial charge in [0, 0.05) is 50.8 Å². The third-order valence-corrected chi connectivity index (χ3v) is 9.21. The first-order valence-corrected chi connectivity index (χ1v) is 16.0. The maximum absolute atomic E-state index is 6.58. The van der Waals surface area contributed by atoms with Crippen LogP contribution in [0.5, 0.6) is 23.0 Å². The lowest BCUT2D eigenvalue weighted by Crippen LogP contribution is -2.21. The zero-order valence-corrected chi connectivity index (χ0v) is 27.8. The molecule has 6 aromatic rings. The van der Waals surface area contributed by atoms with Crippen molar-refractivity contribution < 1.29 is 9.47 Å². The third-order valence-electron chi connectivity index (χ3n) is 9.21. The molecule has 0 atom stereocenters. The SMILES string of the molecule is CC(C)(c1ccc(N)cc1)c1ccc(C(C)(C)c2ccc(N)c(-c3cc(Oc4cccc(Oc5ccc(N)cc5)c4)ccc3N)c2)cc1. The van der Waals surface area contributed by atoms with Crippen molar-refractivity contribution in [2.75, 3.05) is 22.9 Å². The Labute approximate surface area is 282 Å². The van der Waals surface area contributed by atoms with E-state index in [0.29, 0.717) is 40.1 Å². The van der Waals surface area contributed by atoms with Crippen LogP contribution in [0.25, 0.3) is 11.1 Å². The molecule has 242 valence electrons. The van der Waals surface area contributed by atoms with Crippen LogP contribution in [0.1, 0.15) is 49.9 Å². The molecule has 0 bridgehead atoms. The number of hydrogen-bond donors (Lipinski definition) is 4. The molecular weight excluding hydrogens is 592 g/mol. The van der Waals surface area contributed by atoms with Crippen molar-refractivity contribution in [3.8, 4) is 34.1 Å². The van der Waals surface area contributed by atoms with E-state index in [9.17, 15) is 0 Å². The summed E-state index contributed by atoms with van der Waals surface area (Å²) in [4.78, 5) is 0. The molecule has 0 radical (unpaired) electrons. The van der Waals surface area contributed by atoms with E-state index in [2.05, 4.69) is 76.2 Å². The summed E-state index contributed by atoms with van der Waals surface area (Å²) < 4.78 is 12.3. The molecule has 0 fully saturated rings. The summed E-state index contributed by atoms with van der Waals surface area (Å²) in [5.41, 5.74) is 33.5. The number of rotatable bonds is 9. The van der Waals surface area contributed by atoms with E-state index in [4.69, 9.17) is 32.4 Å². The Morgan fingerprint density at radius 2 is 0.750 bits per heavy atom. The minimum atomic E-state index is -0.305. The topological polar surface area (TPSA) is 123 Å². The highest BCUT2D eigenvalue weighted by atomic mass is 16.5. The van der Waals surface area contributed by atoms with Crippen LogP contribution in [0, 0.1) is 0 Å². The molecule has 0 aliphatic heterocycles. The fourth-order valence-corrected chi connectivity index (χ4v) is 5.96. The van der Waals surface area contributed by atoms with Gasteiger partial charge in [-0.05, 0) is 101 Å². The number of benzene rings is 6. The molecule has 0 saturated carbocycles. The summed E-state index contributed by atoms with van der Waals surface area (Å²) in [6.45, 7) is 8.92. The molecule has 6 heteroatoms.